The van der Waals surface area contributed by atoms with Crippen LogP contribution < -0.4 is 0 Å². The molecular weight excluding hydrogens is 294 g/mol. The van der Waals surface area contributed by atoms with Gasteiger partial charge in [-0.1, -0.05) is 96.8 Å². The Hall–Kier alpha value is -0.0800. The van der Waals surface area contributed by atoms with Crippen molar-refractivity contribution in [3.63, 3.8) is 0 Å². The Morgan fingerprint density at radius 1 is 0.458 bits per heavy atom. The summed E-state index contributed by atoms with van der Waals surface area (Å²) in [5, 5.41) is 12.1. The molecule has 0 spiro atoms. The van der Waals surface area contributed by atoms with Crippen LogP contribution in [0.5, 0.6) is 0 Å². The fourth-order valence-corrected chi connectivity index (χ4v) is 3.49. The van der Waals surface area contributed by atoms with E-state index in [2.05, 4.69) is 6.92 Å². The van der Waals surface area contributed by atoms with Gasteiger partial charge in [0.15, 0.2) is 0 Å². The molecule has 0 radical (unpaired) electrons. The third kappa shape index (κ3) is 15.4. The van der Waals surface area contributed by atoms with E-state index < -0.39 is 0 Å². The zero-order valence-corrected chi connectivity index (χ0v) is 17.3. The highest BCUT2D eigenvalue weighted by Crippen LogP contribution is 2.14. The molecule has 0 unspecified atom stereocenters. The Labute approximate surface area is 153 Å². The van der Waals surface area contributed by atoms with Crippen molar-refractivity contribution in [3.8, 4) is 0 Å². The van der Waals surface area contributed by atoms with Gasteiger partial charge in [-0.15, -0.1) is 0 Å². The quantitative estimate of drug-likeness (QED) is 0.135. The molecule has 2 nitrogen and oxygen atoms in total. The summed E-state index contributed by atoms with van der Waals surface area (Å²) in [6.07, 6.45) is 22.3. The first-order valence-corrected chi connectivity index (χ1v) is 11.3. The third-order valence-corrected chi connectivity index (χ3v) is 5.57. The first-order valence-electron chi connectivity index (χ1n) is 11.3. The van der Waals surface area contributed by atoms with Crippen LogP contribution in [-0.4, -0.2) is 24.3 Å². The summed E-state index contributed by atoms with van der Waals surface area (Å²) in [6, 6.07) is 0. The van der Waals surface area contributed by atoms with Gasteiger partial charge in [-0.25, -0.2) is 0 Å². The van der Waals surface area contributed by atoms with Gasteiger partial charge in [-0.05, 0) is 26.7 Å². The fraction of sp³-hybridized carbons (Fsp3) is 1.00. The average Bonchev–Trinajstić information content (AvgIpc) is 2.61. The summed E-state index contributed by atoms with van der Waals surface area (Å²) in [5.74, 6) is 0. The Morgan fingerprint density at radius 3 is 1.04 bits per heavy atom. The number of nitrogens with zero attached hydrogens (tertiary/aromatic N) is 1. The van der Waals surface area contributed by atoms with Crippen molar-refractivity contribution in [2.45, 2.75) is 124 Å². The van der Waals surface area contributed by atoms with Gasteiger partial charge < -0.3 is 9.85 Å². The molecule has 0 bridgehead atoms. The van der Waals surface area contributed by atoms with Gasteiger partial charge in [0.2, 0.25) is 0 Å². The highest BCUT2D eigenvalue weighted by Gasteiger charge is 2.09. The SMILES string of the molecule is CCCCCCCCCCCCCCCCCC[N+]([O-])(CC)CC. The van der Waals surface area contributed by atoms with Gasteiger partial charge in [0.25, 0.3) is 0 Å². The van der Waals surface area contributed by atoms with Crippen LogP contribution in [0.3, 0.4) is 0 Å². The van der Waals surface area contributed by atoms with Gasteiger partial charge in [-0.3, -0.25) is 0 Å². The molecule has 146 valence electrons. The van der Waals surface area contributed by atoms with Crippen molar-refractivity contribution in [3.05, 3.63) is 5.21 Å². The number of quaternary nitrogens is 1. The molecular formula is C22H47NO. The molecule has 0 fully saturated rings. The van der Waals surface area contributed by atoms with E-state index in [4.69, 9.17) is 0 Å². The largest absolute Gasteiger partial charge is 0.633 e. The van der Waals surface area contributed by atoms with Crippen LogP contribution in [-0.2, 0) is 0 Å². The molecule has 0 aromatic rings. The monoisotopic (exact) mass is 341 g/mol. The Bertz CT molecular complexity index is 238. The predicted molar refractivity (Wildman–Crippen MR) is 109 cm³/mol. The van der Waals surface area contributed by atoms with Crippen LogP contribution >= 0.6 is 0 Å². The Balaban J connectivity index is 3.13. The lowest BCUT2D eigenvalue weighted by Gasteiger charge is -2.41. The Morgan fingerprint density at radius 2 is 0.750 bits per heavy atom. The van der Waals surface area contributed by atoms with E-state index in [0.29, 0.717) is 0 Å². The number of hydrogen-bond acceptors (Lipinski definition) is 1. The van der Waals surface area contributed by atoms with Crippen LogP contribution in [0.15, 0.2) is 0 Å². The molecule has 0 aliphatic rings. The van der Waals surface area contributed by atoms with E-state index in [1.54, 1.807) is 0 Å². The van der Waals surface area contributed by atoms with Crippen molar-refractivity contribution in [1.82, 2.24) is 0 Å². The molecule has 0 aliphatic carbocycles. The maximum atomic E-state index is 12.1. The summed E-state index contributed by atoms with van der Waals surface area (Å²) in [7, 11) is 0. The molecule has 0 amide bonds. The topological polar surface area (TPSA) is 23.1 Å². The summed E-state index contributed by atoms with van der Waals surface area (Å²) in [4.78, 5) is 0. The van der Waals surface area contributed by atoms with E-state index >= 15 is 0 Å². The maximum Gasteiger partial charge on any atom is 0.0783 e. The highest BCUT2D eigenvalue weighted by atomic mass is 16.5. The van der Waals surface area contributed by atoms with Crippen LogP contribution in [0, 0.1) is 5.21 Å². The van der Waals surface area contributed by atoms with Crippen molar-refractivity contribution in [2.75, 3.05) is 19.6 Å². The van der Waals surface area contributed by atoms with Crippen molar-refractivity contribution < 1.29 is 4.65 Å². The first-order chi connectivity index (χ1) is 11.7. The van der Waals surface area contributed by atoms with Crippen LogP contribution in [0.4, 0.5) is 0 Å². The summed E-state index contributed by atoms with van der Waals surface area (Å²) < 4.78 is 0.0125. The second-order valence-electron chi connectivity index (χ2n) is 7.72. The van der Waals surface area contributed by atoms with Gasteiger partial charge in [-0.2, -0.15) is 0 Å². The minimum Gasteiger partial charge on any atom is -0.633 e. The molecule has 0 aliphatic heterocycles. The third-order valence-electron chi connectivity index (χ3n) is 5.57. The predicted octanol–water partition coefficient (Wildman–Crippen LogP) is 7.60. The zero-order valence-electron chi connectivity index (χ0n) is 17.3. The molecule has 2 heteroatoms. The minimum absolute atomic E-state index is 0.0125. The average molecular weight is 342 g/mol. The lowest BCUT2D eigenvalue weighted by atomic mass is 10.0. The van der Waals surface area contributed by atoms with Crippen LogP contribution in [0.25, 0.3) is 0 Å². The van der Waals surface area contributed by atoms with Gasteiger partial charge in [0.1, 0.15) is 0 Å². The second kappa shape index (κ2) is 17.7. The van der Waals surface area contributed by atoms with Crippen LogP contribution in [0.1, 0.15) is 124 Å². The molecule has 24 heavy (non-hydrogen) atoms. The number of rotatable bonds is 19. The number of hydrogen-bond donors (Lipinski definition) is 0. The molecule has 0 aromatic carbocycles. The molecule has 0 aromatic heterocycles. The maximum absolute atomic E-state index is 12.1. The summed E-state index contributed by atoms with van der Waals surface area (Å²) in [5.41, 5.74) is 0. The molecule has 0 atom stereocenters. The van der Waals surface area contributed by atoms with Crippen molar-refractivity contribution in [2.24, 2.45) is 0 Å². The molecule has 0 heterocycles. The van der Waals surface area contributed by atoms with Crippen molar-refractivity contribution >= 4 is 0 Å². The van der Waals surface area contributed by atoms with Gasteiger partial charge in [0, 0.05) is 0 Å². The highest BCUT2D eigenvalue weighted by molar-refractivity contribution is 4.50. The van der Waals surface area contributed by atoms with E-state index in [1.807, 2.05) is 13.8 Å². The van der Waals surface area contributed by atoms with E-state index in [-0.39, 0.29) is 4.65 Å². The zero-order chi connectivity index (χ0) is 17.9. The standard InChI is InChI=1S/C22H47NO/c1-4-7-8-9-10-11-12-13-14-15-16-17-18-19-20-21-22-23(24,5-2)6-3/h4-22H2,1-3H3. The molecule has 0 saturated heterocycles. The molecule has 0 saturated carbocycles. The normalized spacial score (nSPS) is 12.0. The lowest BCUT2D eigenvalue weighted by molar-refractivity contribution is -0.877. The molecule has 0 N–H and O–H groups in total. The fourth-order valence-electron chi connectivity index (χ4n) is 3.49. The molecule has 0 rings (SSSR count). The first kappa shape index (κ1) is 23.9. The van der Waals surface area contributed by atoms with Crippen molar-refractivity contribution in [1.29, 1.82) is 0 Å². The summed E-state index contributed by atoms with van der Waals surface area (Å²) in [6.45, 7) is 8.61. The van der Waals surface area contributed by atoms with E-state index in [9.17, 15) is 5.21 Å². The number of hydroxylamine groups is 3. The van der Waals surface area contributed by atoms with Crippen LogP contribution in [0.2, 0.25) is 0 Å². The van der Waals surface area contributed by atoms with Gasteiger partial charge in [0.05, 0.1) is 19.6 Å². The van der Waals surface area contributed by atoms with E-state index in [0.717, 1.165) is 26.1 Å². The Kier molecular flexibility index (Phi) is 17.7. The smallest absolute Gasteiger partial charge is 0.0783 e. The lowest BCUT2D eigenvalue weighted by Crippen LogP contribution is -2.42. The van der Waals surface area contributed by atoms with Gasteiger partial charge >= 0.3 is 0 Å². The second-order valence-corrected chi connectivity index (χ2v) is 7.72. The summed E-state index contributed by atoms with van der Waals surface area (Å²) >= 11 is 0. The number of unbranched alkanes of at least 4 members (excludes halogenated alkanes) is 15. The van der Waals surface area contributed by atoms with E-state index in [1.165, 1.54) is 96.3 Å². The minimum atomic E-state index is 0.0125.